The highest BCUT2D eigenvalue weighted by atomic mass is 16.5. The molecule has 2 amide bonds. The first kappa shape index (κ1) is 16.9. The summed E-state index contributed by atoms with van der Waals surface area (Å²) in [5.41, 5.74) is 2.09. The Bertz CT molecular complexity index is 793. The van der Waals surface area contributed by atoms with Crippen LogP contribution in [0.1, 0.15) is 19.8 Å². The van der Waals surface area contributed by atoms with E-state index in [1.54, 1.807) is 31.5 Å². The average molecular weight is 344 g/mol. The van der Waals surface area contributed by atoms with Gasteiger partial charge in [0, 0.05) is 18.8 Å². The predicted octanol–water partition coefficient (Wildman–Crippen LogP) is 1.30. The molecule has 1 aliphatic rings. The fourth-order valence-electron chi connectivity index (χ4n) is 2.92. The van der Waals surface area contributed by atoms with Crippen LogP contribution in [0.25, 0.3) is 11.0 Å². The molecule has 0 radical (unpaired) electrons. The summed E-state index contributed by atoms with van der Waals surface area (Å²) in [6.07, 6.45) is 2.59. The molecule has 1 aliphatic heterocycles. The Kier molecular flexibility index (Phi) is 4.97. The summed E-state index contributed by atoms with van der Waals surface area (Å²) in [7, 11) is 0. The van der Waals surface area contributed by atoms with E-state index in [1.807, 2.05) is 0 Å². The number of benzene rings is 1. The second-order valence-electron chi connectivity index (χ2n) is 5.91. The smallest absolute Gasteiger partial charge is 0.313 e. The molecular weight excluding hydrogens is 324 g/mol. The number of likely N-dealkylation sites (tertiary alicyclic amines) is 1. The maximum absolute atomic E-state index is 12.3. The normalized spacial score (nSPS) is 15.2. The number of piperidine rings is 1. The van der Waals surface area contributed by atoms with Crippen LogP contribution in [-0.2, 0) is 19.1 Å². The molecular formula is C17H20N4O4. The number of rotatable bonds is 3. The van der Waals surface area contributed by atoms with Gasteiger partial charge in [-0.25, -0.2) is 4.98 Å². The van der Waals surface area contributed by atoms with Crippen molar-refractivity contribution in [3.05, 3.63) is 24.5 Å². The van der Waals surface area contributed by atoms with E-state index in [9.17, 15) is 14.4 Å². The molecule has 1 aromatic heterocycles. The molecule has 2 N–H and O–H groups in total. The van der Waals surface area contributed by atoms with E-state index in [2.05, 4.69) is 15.3 Å². The minimum absolute atomic E-state index is 0.199. The minimum atomic E-state index is -0.687. The molecule has 0 aliphatic carbocycles. The van der Waals surface area contributed by atoms with Gasteiger partial charge in [-0.05, 0) is 38.0 Å². The predicted molar refractivity (Wildman–Crippen MR) is 90.7 cm³/mol. The summed E-state index contributed by atoms with van der Waals surface area (Å²) in [5.74, 6) is -1.71. The van der Waals surface area contributed by atoms with Gasteiger partial charge in [-0.2, -0.15) is 0 Å². The van der Waals surface area contributed by atoms with Crippen molar-refractivity contribution in [2.24, 2.45) is 5.92 Å². The quantitative estimate of drug-likeness (QED) is 0.645. The van der Waals surface area contributed by atoms with Gasteiger partial charge in [0.1, 0.15) is 0 Å². The highest BCUT2D eigenvalue weighted by Gasteiger charge is 2.30. The Morgan fingerprint density at radius 2 is 2.08 bits per heavy atom. The van der Waals surface area contributed by atoms with Crippen LogP contribution >= 0.6 is 0 Å². The number of esters is 1. The lowest BCUT2D eigenvalue weighted by molar-refractivity contribution is -0.152. The van der Waals surface area contributed by atoms with Crippen LogP contribution in [-0.4, -0.2) is 52.3 Å². The van der Waals surface area contributed by atoms with E-state index in [4.69, 9.17) is 4.74 Å². The number of anilines is 1. The number of aromatic amines is 1. The zero-order chi connectivity index (χ0) is 17.8. The van der Waals surface area contributed by atoms with Gasteiger partial charge in [-0.15, -0.1) is 0 Å². The second-order valence-corrected chi connectivity index (χ2v) is 5.91. The summed E-state index contributed by atoms with van der Waals surface area (Å²) in [5, 5.41) is 2.61. The average Bonchev–Trinajstić information content (AvgIpc) is 3.09. The number of ether oxygens (including phenoxy) is 1. The molecule has 1 aromatic carbocycles. The van der Waals surface area contributed by atoms with Crippen molar-refractivity contribution in [2.45, 2.75) is 19.8 Å². The molecule has 8 nitrogen and oxygen atoms in total. The first-order valence-corrected chi connectivity index (χ1v) is 8.28. The number of nitrogens with one attached hydrogen (secondary N) is 2. The Balaban J connectivity index is 1.56. The Hall–Kier alpha value is -2.90. The summed E-state index contributed by atoms with van der Waals surface area (Å²) < 4.78 is 5.00. The molecule has 2 aromatic rings. The maximum Gasteiger partial charge on any atom is 0.313 e. The number of amides is 2. The monoisotopic (exact) mass is 344 g/mol. The molecule has 0 atom stereocenters. The first-order valence-electron chi connectivity index (χ1n) is 8.28. The molecule has 2 heterocycles. The summed E-state index contributed by atoms with van der Waals surface area (Å²) in [6, 6.07) is 5.18. The molecule has 1 saturated heterocycles. The number of hydrogen-bond donors (Lipinski definition) is 2. The van der Waals surface area contributed by atoms with E-state index in [0.717, 1.165) is 11.0 Å². The number of aromatic nitrogens is 2. The van der Waals surface area contributed by atoms with E-state index in [-0.39, 0.29) is 11.9 Å². The lowest BCUT2D eigenvalue weighted by atomic mass is 9.97. The zero-order valence-electron chi connectivity index (χ0n) is 13.9. The first-order chi connectivity index (χ1) is 12.1. The largest absolute Gasteiger partial charge is 0.466 e. The van der Waals surface area contributed by atoms with Crippen LogP contribution in [0.15, 0.2) is 24.5 Å². The SMILES string of the molecule is CCOC(=O)C1CCN(C(=O)C(=O)Nc2ccc3nc[nH]c3c2)CC1. The van der Waals surface area contributed by atoms with Crippen molar-refractivity contribution in [1.29, 1.82) is 0 Å². The molecule has 8 heteroatoms. The van der Waals surface area contributed by atoms with Gasteiger partial charge in [-0.3, -0.25) is 14.4 Å². The molecule has 0 saturated carbocycles. The number of carbonyl (C=O) groups excluding carboxylic acids is 3. The number of fused-ring (bicyclic) bond motifs is 1. The molecule has 1 fully saturated rings. The highest BCUT2D eigenvalue weighted by molar-refractivity contribution is 6.39. The van der Waals surface area contributed by atoms with Crippen molar-refractivity contribution in [2.75, 3.05) is 25.0 Å². The van der Waals surface area contributed by atoms with Crippen molar-refractivity contribution in [3.63, 3.8) is 0 Å². The fourth-order valence-corrected chi connectivity index (χ4v) is 2.92. The van der Waals surface area contributed by atoms with Gasteiger partial charge in [0.15, 0.2) is 0 Å². The lowest BCUT2D eigenvalue weighted by Crippen LogP contribution is -2.45. The number of nitrogens with zero attached hydrogens (tertiary/aromatic N) is 2. The maximum atomic E-state index is 12.3. The van der Waals surface area contributed by atoms with Crippen LogP contribution in [0.3, 0.4) is 0 Å². The van der Waals surface area contributed by atoms with Crippen LogP contribution in [0, 0.1) is 5.92 Å². The van der Waals surface area contributed by atoms with E-state index in [0.29, 0.717) is 38.2 Å². The minimum Gasteiger partial charge on any atom is -0.466 e. The molecule has 25 heavy (non-hydrogen) atoms. The van der Waals surface area contributed by atoms with Crippen LogP contribution in [0.4, 0.5) is 5.69 Å². The van der Waals surface area contributed by atoms with Crippen molar-refractivity contribution >= 4 is 34.5 Å². The third kappa shape index (κ3) is 3.78. The topological polar surface area (TPSA) is 104 Å². The molecule has 3 rings (SSSR count). The summed E-state index contributed by atoms with van der Waals surface area (Å²) in [4.78, 5) is 44.7. The lowest BCUT2D eigenvalue weighted by Gasteiger charge is -2.30. The highest BCUT2D eigenvalue weighted by Crippen LogP contribution is 2.20. The van der Waals surface area contributed by atoms with Crippen molar-refractivity contribution in [1.82, 2.24) is 14.9 Å². The van der Waals surface area contributed by atoms with Crippen LogP contribution in [0.5, 0.6) is 0 Å². The molecule has 132 valence electrons. The van der Waals surface area contributed by atoms with Gasteiger partial charge in [0.2, 0.25) is 0 Å². The summed E-state index contributed by atoms with van der Waals surface area (Å²) >= 11 is 0. The Labute approximate surface area is 144 Å². The van der Waals surface area contributed by atoms with Gasteiger partial charge >= 0.3 is 17.8 Å². The van der Waals surface area contributed by atoms with E-state index >= 15 is 0 Å². The number of carbonyl (C=O) groups is 3. The van der Waals surface area contributed by atoms with Crippen LogP contribution in [0.2, 0.25) is 0 Å². The number of H-pyrrole nitrogens is 1. The number of hydrogen-bond acceptors (Lipinski definition) is 5. The second kappa shape index (κ2) is 7.33. The standard InChI is InChI=1S/C17H20N4O4/c1-2-25-17(24)11-5-7-21(8-6-11)16(23)15(22)20-12-3-4-13-14(9-12)19-10-18-13/h3-4,9-11H,2,5-8H2,1H3,(H,18,19)(H,20,22). The third-order valence-corrected chi connectivity index (χ3v) is 4.27. The van der Waals surface area contributed by atoms with Gasteiger partial charge in [-0.1, -0.05) is 0 Å². The van der Waals surface area contributed by atoms with Crippen molar-refractivity contribution in [3.8, 4) is 0 Å². The Morgan fingerprint density at radius 1 is 1.32 bits per heavy atom. The fraction of sp³-hybridized carbons (Fsp3) is 0.412. The van der Waals surface area contributed by atoms with Crippen molar-refractivity contribution < 1.29 is 19.1 Å². The molecule has 0 unspecified atom stereocenters. The van der Waals surface area contributed by atoms with Gasteiger partial charge in [0.25, 0.3) is 0 Å². The molecule has 0 spiro atoms. The van der Waals surface area contributed by atoms with Crippen LogP contribution < -0.4 is 5.32 Å². The van der Waals surface area contributed by atoms with Gasteiger partial charge in [0.05, 0.1) is 29.9 Å². The van der Waals surface area contributed by atoms with E-state index in [1.165, 1.54) is 4.90 Å². The zero-order valence-corrected chi connectivity index (χ0v) is 13.9. The molecule has 0 bridgehead atoms. The van der Waals surface area contributed by atoms with Gasteiger partial charge < -0.3 is 19.9 Å². The Morgan fingerprint density at radius 3 is 2.80 bits per heavy atom. The van der Waals surface area contributed by atoms with E-state index < -0.39 is 11.8 Å². The summed E-state index contributed by atoms with van der Waals surface area (Å²) in [6.45, 7) is 2.85. The number of imidazole rings is 1. The third-order valence-electron chi connectivity index (χ3n) is 4.27.